The minimum Gasteiger partial charge on any atom is -0.340 e. The van der Waals surface area contributed by atoms with E-state index in [1.807, 2.05) is 33.9 Å². The van der Waals surface area contributed by atoms with E-state index in [4.69, 9.17) is 0 Å². The standard InChI is InChI=1S/C23H24N4O2S2/c28-21(15-20-17-31-23(24-20)25-22(29)19-8-14-30-16-19)27-12-10-26(11-13-27)9-4-7-18-5-2-1-3-6-18/h1-8,14,16-17H,9-13,15H2,(H,24,25,29)/b7-4+. The summed E-state index contributed by atoms with van der Waals surface area (Å²) in [7, 11) is 0. The number of rotatable bonds is 7. The number of hydrogen-bond donors (Lipinski definition) is 1. The van der Waals surface area contributed by atoms with E-state index in [9.17, 15) is 9.59 Å². The Bertz CT molecular complexity index is 1020. The number of aromatic nitrogens is 1. The monoisotopic (exact) mass is 452 g/mol. The molecule has 0 atom stereocenters. The lowest BCUT2D eigenvalue weighted by atomic mass is 10.2. The van der Waals surface area contributed by atoms with Crippen molar-refractivity contribution < 1.29 is 9.59 Å². The first-order valence-corrected chi connectivity index (χ1v) is 12.0. The molecule has 0 aliphatic carbocycles. The van der Waals surface area contributed by atoms with Crippen LogP contribution in [0.25, 0.3) is 6.08 Å². The van der Waals surface area contributed by atoms with Crippen molar-refractivity contribution in [3.8, 4) is 0 Å². The molecular weight excluding hydrogens is 428 g/mol. The molecule has 4 rings (SSSR count). The molecule has 3 aromatic rings. The van der Waals surface area contributed by atoms with Crippen molar-refractivity contribution in [3.63, 3.8) is 0 Å². The topological polar surface area (TPSA) is 65.5 Å². The van der Waals surface area contributed by atoms with E-state index >= 15 is 0 Å². The summed E-state index contributed by atoms with van der Waals surface area (Å²) in [5.41, 5.74) is 2.52. The molecule has 8 heteroatoms. The van der Waals surface area contributed by atoms with Crippen LogP contribution < -0.4 is 5.32 Å². The third-order valence-corrected chi connectivity index (χ3v) is 6.58. The molecule has 6 nitrogen and oxygen atoms in total. The van der Waals surface area contributed by atoms with Gasteiger partial charge in [0.05, 0.1) is 17.7 Å². The van der Waals surface area contributed by atoms with Crippen LogP contribution in [0.5, 0.6) is 0 Å². The van der Waals surface area contributed by atoms with Gasteiger partial charge in [0.1, 0.15) is 0 Å². The maximum Gasteiger partial charge on any atom is 0.258 e. The van der Waals surface area contributed by atoms with Crippen molar-refractivity contribution in [1.82, 2.24) is 14.8 Å². The van der Waals surface area contributed by atoms with E-state index in [-0.39, 0.29) is 18.2 Å². The predicted octanol–water partition coefficient (Wildman–Crippen LogP) is 3.86. The van der Waals surface area contributed by atoms with Crippen LogP contribution in [0.4, 0.5) is 5.13 Å². The Morgan fingerprint density at radius 1 is 1.06 bits per heavy atom. The number of benzene rings is 1. The van der Waals surface area contributed by atoms with Gasteiger partial charge in [-0.15, -0.1) is 11.3 Å². The molecule has 1 aromatic carbocycles. The van der Waals surface area contributed by atoms with E-state index in [0.29, 0.717) is 16.4 Å². The maximum atomic E-state index is 12.7. The second-order valence-corrected chi connectivity index (χ2v) is 8.92. The third-order valence-electron chi connectivity index (χ3n) is 5.09. The number of thiazole rings is 1. The Balaban J connectivity index is 1.21. The smallest absolute Gasteiger partial charge is 0.258 e. The average molecular weight is 453 g/mol. The number of carbonyl (C=O) groups is 2. The highest BCUT2D eigenvalue weighted by molar-refractivity contribution is 7.14. The first-order chi connectivity index (χ1) is 15.2. The summed E-state index contributed by atoms with van der Waals surface area (Å²) < 4.78 is 0. The Labute approximate surface area is 189 Å². The molecule has 0 unspecified atom stereocenters. The van der Waals surface area contributed by atoms with Gasteiger partial charge in [-0.1, -0.05) is 42.5 Å². The lowest BCUT2D eigenvalue weighted by Gasteiger charge is -2.34. The number of piperazine rings is 1. The van der Waals surface area contributed by atoms with Crippen molar-refractivity contribution in [2.45, 2.75) is 6.42 Å². The highest BCUT2D eigenvalue weighted by Crippen LogP contribution is 2.18. The van der Waals surface area contributed by atoms with Crippen molar-refractivity contribution in [2.24, 2.45) is 0 Å². The van der Waals surface area contributed by atoms with Gasteiger partial charge >= 0.3 is 0 Å². The van der Waals surface area contributed by atoms with E-state index in [1.54, 1.807) is 11.4 Å². The third kappa shape index (κ3) is 6.10. The number of nitrogens with zero attached hydrogens (tertiary/aromatic N) is 3. The number of amides is 2. The largest absolute Gasteiger partial charge is 0.340 e. The molecule has 160 valence electrons. The lowest BCUT2D eigenvalue weighted by molar-refractivity contribution is -0.132. The summed E-state index contributed by atoms with van der Waals surface area (Å²) in [5, 5.41) is 8.81. The van der Waals surface area contributed by atoms with Crippen LogP contribution in [0.2, 0.25) is 0 Å². The molecule has 0 radical (unpaired) electrons. The zero-order valence-corrected chi connectivity index (χ0v) is 18.7. The fourth-order valence-electron chi connectivity index (χ4n) is 3.36. The molecule has 1 aliphatic heterocycles. The highest BCUT2D eigenvalue weighted by Gasteiger charge is 2.21. The summed E-state index contributed by atoms with van der Waals surface area (Å²) in [4.78, 5) is 33.4. The van der Waals surface area contributed by atoms with Crippen LogP contribution in [-0.4, -0.2) is 59.3 Å². The summed E-state index contributed by atoms with van der Waals surface area (Å²) in [6.45, 7) is 4.07. The molecule has 0 spiro atoms. The van der Waals surface area contributed by atoms with E-state index < -0.39 is 0 Å². The van der Waals surface area contributed by atoms with E-state index in [1.165, 1.54) is 28.2 Å². The average Bonchev–Trinajstić information content (AvgIpc) is 3.47. The quantitative estimate of drug-likeness (QED) is 0.591. The fourth-order valence-corrected chi connectivity index (χ4v) is 4.70. The summed E-state index contributed by atoms with van der Waals surface area (Å²) in [6.07, 6.45) is 4.57. The Morgan fingerprint density at radius 2 is 1.87 bits per heavy atom. The predicted molar refractivity (Wildman–Crippen MR) is 127 cm³/mol. The van der Waals surface area contributed by atoms with Crippen LogP contribution in [0.1, 0.15) is 21.6 Å². The fraction of sp³-hybridized carbons (Fsp3) is 0.261. The van der Waals surface area contributed by atoms with Gasteiger partial charge in [-0.3, -0.25) is 19.8 Å². The molecule has 0 bridgehead atoms. The Kier molecular flexibility index (Phi) is 7.24. The van der Waals surface area contributed by atoms with Crippen LogP contribution in [-0.2, 0) is 11.2 Å². The van der Waals surface area contributed by atoms with Gasteiger partial charge in [0.25, 0.3) is 5.91 Å². The zero-order chi connectivity index (χ0) is 21.5. The lowest BCUT2D eigenvalue weighted by Crippen LogP contribution is -2.49. The second kappa shape index (κ2) is 10.5. The summed E-state index contributed by atoms with van der Waals surface area (Å²) >= 11 is 2.82. The van der Waals surface area contributed by atoms with Gasteiger partial charge in [0, 0.05) is 43.5 Å². The van der Waals surface area contributed by atoms with Gasteiger partial charge in [0.2, 0.25) is 5.91 Å². The Hall–Kier alpha value is -2.81. The molecular formula is C23H24N4O2S2. The van der Waals surface area contributed by atoms with Crippen LogP contribution in [0, 0.1) is 0 Å². The molecule has 2 amide bonds. The van der Waals surface area contributed by atoms with Crippen LogP contribution in [0.3, 0.4) is 0 Å². The maximum absolute atomic E-state index is 12.7. The molecule has 3 heterocycles. The number of thiophene rings is 1. The van der Waals surface area contributed by atoms with Gasteiger partial charge in [-0.2, -0.15) is 11.3 Å². The van der Waals surface area contributed by atoms with Crippen molar-refractivity contribution in [2.75, 3.05) is 38.0 Å². The van der Waals surface area contributed by atoms with Gasteiger partial charge in [0.15, 0.2) is 5.13 Å². The first kappa shape index (κ1) is 21.4. The summed E-state index contributed by atoms with van der Waals surface area (Å²) in [5.74, 6) is -0.0913. The molecule has 2 aromatic heterocycles. The normalized spacial score (nSPS) is 14.8. The van der Waals surface area contributed by atoms with E-state index in [0.717, 1.165) is 32.7 Å². The van der Waals surface area contributed by atoms with E-state index in [2.05, 4.69) is 39.5 Å². The number of carbonyl (C=O) groups excluding carboxylic acids is 2. The first-order valence-electron chi connectivity index (χ1n) is 10.2. The molecule has 1 aliphatic rings. The molecule has 0 saturated carbocycles. The Morgan fingerprint density at radius 3 is 2.61 bits per heavy atom. The molecule has 1 saturated heterocycles. The molecule has 1 N–H and O–H groups in total. The van der Waals surface area contributed by atoms with Gasteiger partial charge < -0.3 is 4.90 Å². The van der Waals surface area contributed by atoms with Crippen LogP contribution >= 0.6 is 22.7 Å². The van der Waals surface area contributed by atoms with Gasteiger partial charge in [-0.05, 0) is 17.0 Å². The minimum atomic E-state index is -0.175. The second-order valence-electron chi connectivity index (χ2n) is 7.28. The molecule has 1 fully saturated rings. The zero-order valence-electron chi connectivity index (χ0n) is 17.1. The number of nitrogens with one attached hydrogen (secondary N) is 1. The van der Waals surface area contributed by atoms with Crippen molar-refractivity contribution >= 4 is 45.7 Å². The number of anilines is 1. The molecule has 31 heavy (non-hydrogen) atoms. The highest BCUT2D eigenvalue weighted by atomic mass is 32.1. The van der Waals surface area contributed by atoms with Gasteiger partial charge in [-0.25, -0.2) is 4.98 Å². The SMILES string of the molecule is O=C(Nc1nc(CC(=O)N2CCN(C/C=C/c3ccccc3)CC2)cs1)c1ccsc1. The number of hydrogen-bond acceptors (Lipinski definition) is 6. The van der Waals surface area contributed by atoms with Crippen molar-refractivity contribution in [3.05, 3.63) is 75.4 Å². The van der Waals surface area contributed by atoms with Crippen LogP contribution in [0.15, 0.2) is 58.6 Å². The summed E-state index contributed by atoms with van der Waals surface area (Å²) in [6, 6.07) is 12.0. The van der Waals surface area contributed by atoms with Crippen molar-refractivity contribution in [1.29, 1.82) is 0 Å². The minimum absolute atomic E-state index is 0.0838.